The summed E-state index contributed by atoms with van der Waals surface area (Å²) in [5.41, 5.74) is 0.961. The molecular weight excluding hydrogens is 364 g/mol. The molecule has 0 aliphatic carbocycles. The SMILES string of the molecule is COC(=O)C[C@@H](C)[C@H](NC(=O)CCC(=O)N[C@H](C)c1ccccc1)C(=O)OC. The number of methoxy groups -OCH3 is 2. The van der Waals surface area contributed by atoms with Gasteiger partial charge in [0.1, 0.15) is 6.04 Å². The van der Waals surface area contributed by atoms with Crippen LogP contribution in [0.15, 0.2) is 30.3 Å². The topological polar surface area (TPSA) is 111 Å². The van der Waals surface area contributed by atoms with Crippen LogP contribution in [-0.2, 0) is 28.7 Å². The molecule has 0 radical (unpaired) electrons. The van der Waals surface area contributed by atoms with Crippen molar-refractivity contribution >= 4 is 23.8 Å². The Morgan fingerprint density at radius 1 is 0.893 bits per heavy atom. The van der Waals surface area contributed by atoms with Crippen molar-refractivity contribution in [2.75, 3.05) is 14.2 Å². The van der Waals surface area contributed by atoms with Crippen molar-refractivity contribution < 1.29 is 28.7 Å². The number of hydrogen-bond donors (Lipinski definition) is 2. The third-order valence-corrected chi connectivity index (χ3v) is 4.31. The zero-order valence-corrected chi connectivity index (χ0v) is 16.7. The summed E-state index contributed by atoms with van der Waals surface area (Å²) in [4.78, 5) is 47.6. The zero-order valence-electron chi connectivity index (χ0n) is 16.7. The van der Waals surface area contributed by atoms with E-state index in [1.807, 2.05) is 37.3 Å². The van der Waals surface area contributed by atoms with Crippen LogP contribution in [0, 0.1) is 5.92 Å². The highest BCUT2D eigenvalue weighted by molar-refractivity contribution is 5.88. The summed E-state index contributed by atoms with van der Waals surface area (Å²) >= 11 is 0. The minimum absolute atomic E-state index is 0.0255. The fraction of sp³-hybridized carbons (Fsp3) is 0.500. The van der Waals surface area contributed by atoms with Crippen molar-refractivity contribution in [2.45, 2.75) is 45.2 Å². The fourth-order valence-electron chi connectivity index (χ4n) is 2.64. The second kappa shape index (κ2) is 11.7. The lowest BCUT2D eigenvalue weighted by Crippen LogP contribution is -2.46. The third-order valence-electron chi connectivity index (χ3n) is 4.31. The molecule has 8 nitrogen and oxygen atoms in total. The van der Waals surface area contributed by atoms with Crippen LogP contribution in [0.4, 0.5) is 0 Å². The van der Waals surface area contributed by atoms with Gasteiger partial charge in [-0.25, -0.2) is 4.79 Å². The van der Waals surface area contributed by atoms with Crippen LogP contribution in [0.3, 0.4) is 0 Å². The normalized spacial score (nSPS) is 13.6. The summed E-state index contributed by atoms with van der Waals surface area (Å²) in [5.74, 6) is -2.43. The molecule has 1 aromatic carbocycles. The molecule has 0 aliphatic rings. The Labute approximate surface area is 165 Å². The average molecular weight is 392 g/mol. The molecule has 8 heteroatoms. The quantitative estimate of drug-likeness (QED) is 0.584. The summed E-state index contributed by atoms with van der Waals surface area (Å²) in [6, 6.07) is 8.29. The van der Waals surface area contributed by atoms with Crippen molar-refractivity contribution in [3.8, 4) is 0 Å². The predicted molar refractivity (Wildman–Crippen MR) is 102 cm³/mol. The number of carbonyl (C=O) groups is 4. The van der Waals surface area contributed by atoms with E-state index in [2.05, 4.69) is 15.4 Å². The van der Waals surface area contributed by atoms with Crippen LogP contribution < -0.4 is 10.6 Å². The highest BCUT2D eigenvalue weighted by atomic mass is 16.5. The summed E-state index contributed by atoms with van der Waals surface area (Å²) in [6.45, 7) is 3.49. The van der Waals surface area contributed by atoms with Gasteiger partial charge in [-0.15, -0.1) is 0 Å². The van der Waals surface area contributed by atoms with Gasteiger partial charge in [-0.3, -0.25) is 14.4 Å². The standard InChI is InChI=1S/C20H28N2O6/c1-13(12-18(25)27-3)19(20(26)28-4)22-17(24)11-10-16(23)21-14(2)15-8-6-5-7-9-15/h5-9,13-14,19H,10-12H2,1-4H3,(H,21,23)(H,22,24)/t13-,14-,19+/m1/s1. The first-order valence-electron chi connectivity index (χ1n) is 9.06. The van der Waals surface area contributed by atoms with E-state index in [9.17, 15) is 19.2 Å². The van der Waals surface area contributed by atoms with E-state index in [-0.39, 0.29) is 31.2 Å². The smallest absolute Gasteiger partial charge is 0.328 e. The van der Waals surface area contributed by atoms with Gasteiger partial charge in [-0.05, 0) is 18.4 Å². The van der Waals surface area contributed by atoms with Gasteiger partial charge < -0.3 is 20.1 Å². The lowest BCUT2D eigenvalue weighted by molar-refractivity contribution is -0.148. The summed E-state index contributed by atoms with van der Waals surface area (Å²) in [6.07, 6.45) is -0.167. The van der Waals surface area contributed by atoms with Crippen LogP contribution in [0.5, 0.6) is 0 Å². The summed E-state index contributed by atoms with van der Waals surface area (Å²) in [7, 11) is 2.45. The van der Waals surface area contributed by atoms with Crippen molar-refractivity contribution in [2.24, 2.45) is 5.92 Å². The maximum atomic E-state index is 12.2. The Kier molecular flexibility index (Phi) is 9.70. The number of benzene rings is 1. The Hall–Kier alpha value is -2.90. The number of hydrogen-bond acceptors (Lipinski definition) is 6. The zero-order chi connectivity index (χ0) is 21.1. The molecule has 0 bridgehead atoms. The highest BCUT2D eigenvalue weighted by Gasteiger charge is 2.29. The van der Waals surface area contributed by atoms with Gasteiger partial charge in [-0.1, -0.05) is 37.3 Å². The van der Waals surface area contributed by atoms with E-state index in [1.165, 1.54) is 14.2 Å². The number of amides is 2. The van der Waals surface area contributed by atoms with Crippen LogP contribution >= 0.6 is 0 Å². The Balaban J connectivity index is 2.54. The van der Waals surface area contributed by atoms with E-state index in [0.29, 0.717) is 0 Å². The monoisotopic (exact) mass is 392 g/mol. The lowest BCUT2D eigenvalue weighted by Gasteiger charge is -2.22. The largest absolute Gasteiger partial charge is 0.469 e. The van der Waals surface area contributed by atoms with Crippen LogP contribution in [0.25, 0.3) is 0 Å². The van der Waals surface area contributed by atoms with E-state index in [1.54, 1.807) is 6.92 Å². The lowest BCUT2D eigenvalue weighted by atomic mass is 9.98. The minimum atomic E-state index is -0.997. The molecule has 2 N–H and O–H groups in total. The molecule has 154 valence electrons. The number of esters is 2. The molecule has 1 aromatic rings. The van der Waals surface area contributed by atoms with Crippen LogP contribution in [0.2, 0.25) is 0 Å². The Morgan fingerprint density at radius 3 is 2.00 bits per heavy atom. The van der Waals surface area contributed by atoms with Gasteiger partial charge in [0.05, 0.1) is 26.7 Å². The van der Waals surface area contributed by atoms with Gasteiger partial charge in [0.2, 0.25) is 11.8 Å². The second-order valence-corrected chi connectivity index (χ2v) is 6.53. The van der Waals surface area contributed by atoms with E-state index in [0.717, 1.165) is 5.56 Å². The maximum Gasteiger partial charge on any atom is 0.328 e. The molecule has 0 aromatic heterocycles. The van der Waals surface area contributed by atoms with Gasteiger partial charge in [-0.2, -0.15) is 0 Å². The second-order valence-electron chi connectivity index (χ2n) is 6.53. The Morgan fingerprint density at radius 2 is 1.46 bits per heavy atom. The van der Waals surface area contributed by atoms with E-state index < -0.39 is 29.8 Å². The summed E-state index contributed by atoms with van der Waals surface area (Å²) < 4.78 is 9.28. The molecule has 0 spiro atoms. The minimum Gasteiger partial charge on any atom is -0.469 e. The van der Waals surface area contributed by atoms with Crippen molar-refractivity contribution in [1.29, 1.82) is 0 Å². The molecule has 0 heterocycles. The predicted octanol–water partition coefficient (Wildman–Crippen LogP) is 1.50. The molecule has 0 unspecified atom stereocenters. The molecule has 0 fully saturated rings. The molecule has 0 saturated carbocycles. The van der Waals surface area contributed by atoms with Crippen LogP contribution in [-0.4, -0.2) is 44.0 Å². The van der Waals surface area contributed by atoms with Gasteiger partial charge in [0, 0.05) is 12.8 Å². The first-order valence-corrected chi connectivity index (χ1v) is 9.06. The summed E-state index contributed by atoms with van der Waals surface area (Å²) in [5, 5.41) is 5.36. The highest BCUT2D eigenvalue weighted by Crippen LogP contribution is 2.13. The van der Waals surface area contributed by atoms with Gasteiger partial charge in [0.25, 0.3) is 0 Å². The van der Waals surface area contributed by atoms with E-state index in [4.69, 9.17) is 4.74 Å². The Bertz CT molecular complexity index is 677. The van der Waals surface area contributed by atoms with Gasteiger partial charge >= 0.3 is 11.9 Å². The molecule has 0 aliphatic heterocycles. The van der Waals surface area contributed by atoms with Crippen molar-refractivity contribution in [3.05, 3.63) is 35.9 Å². The fourth-order valence-corrected chi connectivity index (χ4v) is 2.64. The molecule has 0 saturated heterocycles. The molecule has 3 atom stereocenters. The molecular formula is C20H28N2O6. The third kappa shape index (κ3) is 7.77. The first kappa shape index (κ1) is 23.1. The van der Waals surface area contributed by atoms with Crippen LogP contribution in [0.1, 0.15) is 44.7 Å². The van der Waals surface area contributed by atoms with Gasteiger partial charge in [0.15, 0.2) is 0 Å². The first-order chi connectivity index (χ1) is 13.3. The molecule has 2 amide bonds. The maximum absolute atomic E-state index is 12.2. The number of nitrogens with one attached hydrogen (secondary N) is 2. The molecule has 1 rings (SSSR count). The average Bonchev–Trinajstić information content (AvgIpc) is 2.70. The van der Waals surface area contributed by atoms with Crippen molar-refractivity contribution in [1.82, 2.24) is 10.6 Å². The number of ether oxygens (including phenoxy) is 2. The molecule has 28 heavy (non-hydrogen) atoms. The van der Waals surface area contributed by atoms with Crippen molar-refractivity contribution in [3.63, 3.8) is 0 Å². The number of rotatable bonds is 10. The van der Waals surface area contributed by atoms with E-state index >= 15 is 0 Å². The number of carbonyl (C=O) groups excluding carboxylic acids is 4.